The van der Waals surface area contributed by atoms with E-state index in [-0.39, 0.29) is 5.91 Å². The minimum atomic E-state index is -0.523. The van der Waals surface area contributed by atoms with E-state index in [0.717, 1.165) is 18.5 Å². The van der Waals surface area contributed by atoms with Gasteiger partial charge in [-0.25, -0.2) is 0 Å². The van der Waals surface area contributed by atoms with Crippen molar-refractivity contribution < 1.29 is 18.7 Å². The van der Waals surface area contributed by atoms with E-state index in [1.54, 1.807) is 38.9 Å². The van der Waals surface area contributed by atoms with Crippen LogP contribution in [-0.4, -0.2) is 37.1 Å². The summed E-state index contributed by atoms with van der Waals surface area (Å²) < 4.78 is 15.6. The van der Waals surface area contributed by atoms with Crippen molar-refractivity contribution in [1.29, 1.82) is 0 Å². The van der Waals surface area contributed by atoms with Gasteiger partial charge in [-0.2, -0.15) is 0 Å². The van der Waals surface area contributed by atoms with Crippen molar-refractivity contribution in [2.24, 2.45) is 0 Å². The topological polar surface area (TPSA) is 63.9 Å². The fraction of sp³-hybridized carbons (Fsp3) is 0.389. The largest absolute Gasteiger partial charge is 0.493 e. The van der Waals surface area contributed by atoms with Crippen LogP contribution in [0.4, 0.5) is 5.69 Å². The van der Waals surface area contributed by atoms with E-state index in [1.807, 2.05) is 19.1 Å². The number of furan rings is 1. The smallest absolute Gasteiger partial charge is 0.244 e. The van der Waals surface area contributed by atoms with E-state index in [2.05, 4.69) is 10.2 Å². The summed E-state index contributed by atoms with van der Waals surface area (Å²) in [6, 6.07) is 7.27. The molecular formula is C18H22N2O4. The van der Waals surface area contributed by atoms with Gasteiger partial charge >= 0.3 is 0 Å². The van der Waals surface area contributed by atoms with Gasteiger partial charge in [0.2, 0.25) is 5.91 Å². The summed E-state index contributed by atoms with van der Waals surface area (Å²) >= 11 is 0. The number of ether oxygens (including phenoxy) is 2. The van der Waals surface area contributed by atoms with Gasteiger partial charge in [-0.05, 0) is 31.5 Å². The van der Waals surface area contributed by atoms with Crippen LogP contribution in [0.3, 0.4) is 0 Å². The summed E-state index contributed by atoms with van der Waals surface area (Å²) in [6.07, 6.45) is 4.19. The Labute approximate surface area is 141 Å². The van der Waals surface area contributed by atoms with Crippen LogP contribution < -0.4 is 14.8 Å². The number of benzene rings is 1. The number of rotatable bonds is 6. The van der Waals surface area contributed by atoms with Crippen molar-refractivity contribution in [2.75, 3.05) is 26.1 Å². The van der Waals surface area contributed by atoms with Crippen LogP contribution in [0.25, 0.3) is 0 Å². The molecule has 1 amide bonds. The van der Waals surface area contributed by atoms with Crippen LogP contribution >= 0.6 is 0 Å². The number of anilines is 1. The maximum atomic E-state index is 12.8. The van der Waals surface area contributed by atoms with Crippen LogP contribution in [0.1, 0.15) is 18.9 Å². The number of methoxy groups -OCH3 is 2. The Balaban J connectivity index is 1.70. The zero-order valence-corrected chi connectivity index (χ0v) is 14.2. The quantitative estimate of drug-likeness (QED) is 0.882. The number of carbonyl (C=O) groups excluding carboxylic acids is 1. The second kappa shape index (κ2) is 6.57. The fourth-order valence-corrected chi connectivity index (χ4v) is 2.90. The molecule has 0 bridgehead atoms. The highest BCUT2D eigenvalue weighted by atomic mass is 16.5. The molecule has 1 aliphatic rings. The third-order valence-corrected chi connectivity index (χ3v) is 4.65. The lowest BCUT2D eigenvalue weighted by Gasteiger charge is -2.49. The zero-order chi connectivity index (χ0) is 17.2. The minimum Gasteiger partial charge on any atom is -0.493 e. The molecule has 0 saturated carbocycles. The Hall–Kier alpha value is -2.47. The molecule has 1 aliphatic heterocycles. The van der Waals surface area contributed by atoms with Crippen molar-refractivity contribution in [3.05, 3.63) is 42.4 Å². The third-order valence-electron chi connectivity index (χ3n) is 4.65. The molecule has 6 heteroatoms. The van der Waals surface area contributed by atoms with Gasteiger partial charge in [0.1, 0.15) is 0 Å². The normalized spacial score (nSPS) is 20.3. The minimum absolute atomic E-state index is 0.0236. The maximum Gasteiger partial charge on any atom is 0.244 e. The predicted molar refractivity (Wildman–Crippen MR) is 90.3 cm³/mol. The molecule has 1 saturated heterocycles. The monoisotopic (exact) mass is 330 g/mol. The Morgan fingerprint density at radius 1 is 1.29 bits per heavy atom. The molecule has 128 valence electrons. The van der Waals surface area contributed by atoms with Crippen LogP contribution in [0.2, 0.25) is 0 Å². The number of carbonyl (C=O) groups is 1. The molecule has 0 spiro atoms. The lowest BCUT2D eigenvalue weighted by molar-refractivity contribution is -0.136. The van der Waals surface area contributed by atoms with Crippen molar-refractivity contribution in [2.45, 2.75) is 25.4 Å². The molecule has 2 heterocycles. The first-order valence-corrected chi connectivity index (χ1v) is 7.86. The summed E-state index contributed by atoms with van der Waals surface area (Å²) in [7, 11) is 3.16. The van der Waals surface area contributed by atoms with Gasteiger partial charge in [-0.15, -0.1) is 0 Å². The highest BCUT2D eigenvalue weighted by Crippen LogP contribution is 2.35. The first-order valence-electron chi connectivity index (χ1n) is 7.86. The van der Waals surface area contributed by atoms with Gasteiger partial charge in [0, 0.05) is 30.4 Å². The molecule has 1 N–H and O–H groups in total. The summed E-state index contributed by atoms with van der Waals surface area (Å²) in [5.74, 6) is 1.20. The summed E-state index contributed by atoms with van der Waals surface area (Å²) in [5.41, 5.74) is 1.23. The van der Waals surface area contributed by atoms with E-state index in [0.29, 0.717) is 23.7 Å². The lowest BCUT2D eigenvalue weighted by atomic mass is 9.85. The SMILES string of the molecule is COc1ccc(NC(=O)C2(C)CCN2Cc2ccoc2)cc1OC. The average Bonchev–Trinajstić information content (AvgIpc) is 3.11. The Morgan fingerprint density at radius 3 is 2.67 bits per heavy atom. The first-order chi connectivity index (χ1) is 11.6. The molecule has 1 atom stereocenters. The van der Waals surface area contributed by atoms with E-state index in [1.165, 1.54) is 0 Å². The zero-order valence-electron chi connectivity index (χ0n) is 14.2. The highest BCUT2D eigenvalue weighted by Gasteiger charge is 2.46. The second-order valence-corrected chi connectivity index (χ2v) is 6.10. The van der Waals surface area contributed by atoms with Gasteiger partial charge in [-0.3, -0.25) is 9.69 Å². The first kappa shape index (κ1) is 16.4. The molecule has 1 fully saturated rings. The standard InChI is InChI=1S/C18H22N2O4/c1-18(7-8-20(18)11-13-6-9-24-12-13)17(21)19-14-4-5-15(22-2)16(10-14)23-3/h4-6,9-10,12H,7-8,11H2,1-3H3,(H,19,21). The van der Waals surface area contributed by atoms with Gasteiger partial charge < -0.3 is 19.2 Å². The number of nitrogens with one attached hydrogen (secondary N) is 1. The number of nitrogens with zero attached hydrogens (tertiary/aromatic N) is 1. The number of hydrogen-bond acceptors (Lipinski definition) is 5. The van der Waals surface area contributed by atoms with E-state index in [9.17, 15) is 4.79 Å². The summed E-state index contributed by atoms with van der Waals surface area (Å²) in [6.45, 7) is 3.56. The number of hydrogen-bond donors (Lipinski definition) is 1. The van der Waals surface area contributed by atoms with E-state index in [4.69, 9.17) is 13.9 Å². The van der Waals surface area contributed by atoms with Gasteiger partial charge in [0.15, 0.2) is 11.5 Å². The lowest BCUT2D eigenvalue weighted by Crippen LogP contribution is -2.63. The van der Waals surface area contributed by atoms with Crippen LogP contribution in [0.5, 0.6) is 11.5 Å². The van der Waals surface area contributed by atoms with E-state index >= 15 is 0 Å². The second-order valence-electron chi connectivity index (χ2n) is 6.10. The Bertz CT molecular complexity index is 714. The molecule has 24 heavy (non-hydrogen) atoms. The van der Waals surface area contributed by atoms with Crippen molar-refractivity contribution in [1.82, 2.24) is 4.90 Å². The predicted octanol–water partition coefficient (Wildman–Crippen LogP) is 2.90. The molecule has 0 radical (unpaired) electrons. The maximum absolute atomic E-state index is 12.8. The molecule has 3 rings (SSSR count). The van der Waals surface area contributed by atoms with E-state index < -0.39 is 5.54 Å². The molecule has 6 nitrogen and oxygen atoms in total. The molecule has 1 aromatic heterocycles. The molecule has 1 aromatic carbocycles. The van der Waals surface area contributed by atoms with Gasteiger partial charge in [0.25, 0.3) is 0 Å². The summed E-state index contributed by atoms with van der Waals surface area (Å²) in [4.78, 5) is 14.9. The molecule has 0 aliphatic carbocycles. The van der Waals surface area contributed by atoms with Crippen LogP contribution in [0, 0.1) is 0 Å². The van der Waals surface area contributed by atoms with Crippen molar-refractivity contribution in [3.8, 4) is 11.5 Å². The highest BCUT2D eigenvalue weighted by molar-refractivity contribution is 5.98. The molecule has 1 unspecified atom stereocenters. The molecule has 2 aromatic rings. The summed E-state index contributed by atoms with van der Waals surface area (Å²) in [5, 5.41) is 2.98. The Kier molecular flexibility index (Phi) is 4.49. The molecular weight excluding hydrogens is 308 g/mol. The van der Waals surface area contributed by atoms with Gasteiger partial charge in [0.05, 0.1) is 32.3 Å². The van der Waals surface area contributed by atoms with Gasteiger partial charge in [-0.1, -0.05) is 0 Å². The number of amides is 1. The van der Waals surface area contributed by atoms with Crippen molar-refractivity contribution >= 4 is 11.6 Å². The fourth-order valence-electron chi connectivity index (χ4n) is 2.90. The third kappa shape index (κ3) is 2.97. The van der Waals surface area contributed by atoms with Crippen molar-refractivity contribution in [3.63, 3.8) is 0 Å². The van der Waals surface area contributed by atoms with Crippen LogP contribution in [-0.2, 0) is 11.3 Å². The van der Waals surface area contributed by atoms with Crippen LogP contribution in [0.15, 0.2) is 41.2 Å². The number of likely N-dealkylation sites (tertiary alicyclic amines) is 1. The average molecular weight is 330 g/mol. The Morgan fingerprint density at radius 2 is 2.08 bits per heavy atom.